The maximum absolute atomic E-state index is 12.6. The van der Waals surface area contributed by atoms with Crippen LogP contribution in [0.15, 0.2) is 30.6 Å². The third-order valence-electron chi connectivity index (χ3n) is 5.10. The van der Waals surface area contributed by atoms with Gasteiger partial charge in [-0.25, -0.2) is 4.98 Å². The molecular weight excluding hydrogens is 330 g/mol. The minimum atomic E-state index is -0.417. The third-order valence-corrected chi connectivity index (χ3v) is 5.10. The van der Waals surface area contributed by atoms with Crippen LogP contribution in [-0.2, 0) is 11.2 Å². The molecule has 1 fully saturated rings. The highest BCUT2D eigenvalue weighted by molar-refractivity contribution is 5.95. The van der Waals surface area contributed by atoms with Gasteiger partial charge in [0.2, 0.25) is 5.91 Å². The number of carbonyl (C=O) groups excluding carboxylic acids is 1. The molecule has 1 saturated heterocycles. The summed E-state index contributed by atoms with van der Waals surface area (Å²) in [5.74, 6) is 0.755. The lowest BCUT2D eigenvalue weighted by Gasteiger charge is -2.29. The molecule has 26 heavy (non-hydrogen) atoms. The number of hydrogen-bond donors (Lipinski definition) is 3. The Morgan fingerprint density at radius 1 is 1.27 bits per heavy atom. The summed E-state index contributed by atoms with van der Waals surface area (Å²) in [7, 11) is 2.14. The Morgan fingerprint density at radius 3 is 2.81 bits per heavy atom. The van der Waals surface area contributed by atoms with Crippen molar-refractivity contribution in [1.29, 1.82) is 0 Å². The van der Waals surface area contributed by atoms with Crippen LogP contribution in [0.4, 0.5) is 5.69 Å². The number of nitrogens with zero attached hydrogens (tertiary/aromatic N) is 2. The van der Waals surface area contributed by atoms with Crippen LogP contribution in [0.1, 0.15) is 30.3 Å². The maximum atomic E-state index is 12.6. The molecule has 138 valence electrons. The van der Waals surface area contributed by atoms with Gasteiger partial charge in [0.05, 0.1) is 12.0 Å². The Kier molecular flexibility index (Phi) is 4.90. The average Bonchev–Trinajstić information content (AvgIpc) is 3.14. The van der Waals surface area contributed by atoms with E-state index in [1.165, 1.54) is 0 Å². The molecule has 0 bridgehead atoms. The van der Waals surface area contributed by atoms with Gasteiger partial charge in [0.15, 0.2) is 0 Å². The van der Waals surface area contributed by atoms with Crippen molar-refractivity contribution in [2.24, 2.45) is 0 Å². The first kappa shape index (κ1) is 17.1. The molecule has 0 radical (unpaired) electrons. The number of amides is 1. The monoisotopic (exact) mass is 355 g/mol. The molecule has 3 N–H and O–H groups in total. The van der Waals surface area contributed by atoms with Gasteiger partial charge in [-0.05, 0) is 44.2 Å². The molecule has 7 heteroatoms. The van der Waals surface area contributed by atoms with E-state index in [0.29, 0.717) is 0 Å². The highest BCUT2D eigenvalue weighted by atomic mass is 16.5. The quantitative estimate of drug-likeness (QED) is 0.778. The number of likely N-dealkylation sites (tertiary alicyclic amines) is 1. The minimum Gasteiger partial charge on any atom is -0.490 e. The molecular formula is C19H25N5O2. The average molecular weight is 355 g/mol. The zero-order chi connectivity index (χ0) is 17.9. The second kappa shape index (κ2) is 7.47. The molecule has 0 spiro atoms. The highest BCUT2D eigenvalue weighted by Gasteiger charge is 2.28. The van der Waals surface area contributed by atoms with Crippen molar-refractivity contribution in [2.75, 3.05) is 32.0 Å². The summed E-state index contributed by atoms with van der Waals surface area (Å²) in [6.45, 7) is 2.90. The third kappa shape index (κ3) is 3.73. The van der Waals surface area contributed by atoms with Crippen LogP contribution in [0.2, 0.25) is 0 Å². The smallest absolute Gasteiger partial charge is 0.247 e. The van der Waals surface area contributed by atoms with Gasteiger partial charge in [-0.15, -0.1) is 0 Å². The molecule has 4 rings (SSSR count). The van der Waals surface area contributed by atoms with Crippen molar-refractivity contribution >= 4 is 11.6 Å². The van der Waals surface area contributed by atoms with Crippen LogP contribution in [-0.4, -0.2) is 53.6 Å². The van der Waals surface area contributed by atoms with Crippen LogP contribution in [0.3, 0.4) is 0 Å². The van der Waals surface area contributed by atoms with Gasteiger partial charge >= 0.3 is 0 Å². The van der Waals surface area contributed by atoms with Gasteiger partial charge in [-0.1, -0.05) is 0 Å². The van der Waals surface area contributed by atoms with E-state index in [1.807, 2.05) is 24.3 Å². The molecule has 2 aromatic rings. The Balaban J connectivity index is 1.35. The Labute approximate surface area is 153 Å². The number of anilines is 1. The molecule has 3 heterocycles. The number of imidazole rings is 1. The lowest BCUT2D eigenvalue weighted by molar-refractivity contribution is -0.118. The van der Waals surface area contributed by atoms with Crippen LogP contribution in [0.25, 0.3) is 0 Å². The van der Waals surface area contributed by atoms with Gasteiger partial charge in [-0.2, -0.15) is 0 Å². The lowest BCUT2D eigenvalue weighted by atomic mass is 10.0. The number of ether oxygens (including phenoxy) is 1. The Hall–Kier alpha value is -2.38. The lowest BCUT2D eigenvalue weighted by Crippen LogP contribution is -2.38. The van der Waals surface area contributed by atoms with Crippen LogP contribution in [0, 0.1) is 0 Å². The summed E-state index contributed by atoms with van der Waals surface area (Å²) in [4.78, 5) is 22.3. The molecule has 0 aliphatic carbocycles. The number of aromatic amines is 1. The number of hydrogen-bond acceptors (Lipinski definition) is 5. The number of H-pyrrole nitrogens is 1. The molecule has 1 aromatic heterocycles. The summed E-state index contributed by atoms with van der Waals surface area (Å²) < 4.78 is 6.05. The Morgan fingerprint density at radius 2 is 2.04 bits per heavy atom. The van der Waals surface area contributed by atoms with Crippen LogP contribution >= 0.6 is 0 Å². The van der Waals surface area contributed by atoms with Crippen LogP contribution < -0.4 is 15.4 Å². The zero-order valence-electron chi connectivity index (χ0n) is 15.0. The normalized spacial score (nSPS) is 21.2. The van der Waals surface area contributed by atoms with Gasteiger partial charge in [-0.3, -0.25) is 4.79 Å². The second-order valence-corrected chi connectivity index (χ2v) is 7.04. The van der Waals surface area contributed by atoms with Crippen molar-refractivity contribution < 1.29 is 9.53 Å². The van der Waals surface area contributed by atoms with Gasteiger partial charge in [0, 0.05) is 37.4 Å². The standard InChI is InChI=1S/C19H25N5O2/c1-24-10-7-15(8-11-24)26-14-4-2-13(3-5-14)23-19(25)18-17-16(6-9-20-18)21-12-22-17/h2-5,12,15,18,20H,6-11H2,1H3,(H,21,22)(H,23,25). The summed E-state index contributed by atoms with van der Waals surface area (Å²) >= 11 is 0. The maximum Gasteiger partial charge on any atom is 0.247 e. The summed E-state index contributed by atoms with van der Waals surface area (Å²) in [6, 6.07) is 7.19. The first-order valence-electron chi connectivity index (χ1n) is 9.21. The Bertz CT molecular complexity index is 750. The topological polar surface area (TPSA) is 82.3 Å². The number of benzene rings is 1. The van der Waals surface area contributed by atoms with Crippen LogP contribution in [0.5, 0.6) is 5.75 Å². The number of nitrogens with one attached hydrogen (secondary N) is 3. The SMILES string of the molecule is CN1CCC(Oc2ccc(NC(=O)C3NCCc4[nH]cnc43)cc2)CC1. The highest BCUT2D eigenvalue weighted by Crippen LogP contribution is 2.23. The van der Waals surface area contributed by atoms with Crippen molar-refractivity contribution in [3.8, 4) is 5.75 Å². The van der Waals surface area contributed by atoms with Gasteiger partial charge in [0.1, 0.15) is 17.9 Å². The van der Waals surface area contributed by atoms with E-state index in [4.69, 9.17) is 4.74 Å². The van der Waals surface area contributed by atoms with E-state index in [9.17, 15) is 4.79 Å². The summed E-state index contributed by atoms with van der Waals surface area (Å²) in [5.41, 5.74) is 2.58. The fraction of sp³-hybridized carbons (Fsp3) is 0.474. The molecule has 1 atom stereocenters. The fourth-order valence-electron chi connectivity index (χ4n) is 3.56. The predicted octanol–water partition coefficient (Wildman–Crippen LogP) is 1.71. The summed E-state index contributed by atoms with van der Waals surface area (Å²) in [6.07, 6.45) is 4.88. The number of aromatic nitrogens is 2. The van der Waals surface area contributed by atoms with E-state index >= 15 is 0 Å². The van der Waals surface area contributed by atoms with E-state index < -0.39 is 6.04 Å². The number of rotatable bonds is 4. The van der Waals surface area contributed by atoms with E-state index in [0.717, 1.165) is 61.7 Å². The number of fused-ring (bicyclic) bond motifs is 1. The van der Waals surface area contributed by atoms with Crippen molar-refractivity contribution in [2.45, 2.75) is 31.4 Å². The summed E-state index contributed by atoms with van der Waals surface area (Å²) in [5, 5.41) is 6.19. The van der Waals surface area contributed by atoms with Crippen molar-refractivity contribution in [3.63, 3.8) is 0 Å². The first-order chi connectivity index (χ1) is 12.7. The van der Waals surface area contributed by atoms with Gasteiger partial charge in [0.25, 0.3) is 0 Å². The molecule has 7 nitrogen and oxygen atoms in total. The van der Waals surface area contributed by atoms with Crippen molar-refractivity contribution in [1.82, 2.24) is 20.2 Å². The molecule has 2 aliphatic heterocycles. The van der Waals surface area contributed by atoms with E-state index in [-0.39, 0.29) is 12.0 Å². The van der Waals surface area contributed by atoms with Crippen molar-refractivity contribution in [3.05, 3.63) is 42.0 Å². The minimum absolute atomic E-state index is 0.0953. The number of carbonyl (C=O) groups is 1. The van der Waals surface area contributed by atoms with E-state index in [1.54, 1.807) is 6.33 Å². The predicted molar refractivity (Wildman–Crippen MR) is 99.3 cm³/mol. The second-order valence-electron chi connectivity index (χ2n) is 7.04. The molecule has 2 aliphatic rings. The van der Waals surface area contributed by atoms with E-state index in [2.05, 4.69) is 32.5 Å². The molecule has 0 saturated carbocycles. The molecule has 1 amide bonds. The first-order valence-corrected chi connectivity index (χ1v) is 9.21. The fourth-order valence-corrected chi connectivity index (χ4v) is 3.56. The largest absolute Gasteiger partial charge is 0.490 e. The molecule has 1 aromatic carbocycles. The number of piperidine rings is 1. The van der Waals surface area contributed by atoms with Gasteiger partial charge < -0.3 is 25.3 Å². The zero-order valence-corrected chi connectivity index (χ0v) is 15.0. The molecule has 1 unspecified atom stereocenters.